The summed E-state index contributed by atoms with van der Waals surface area (Å²) in [6.45, 7) is 0. The number of nitrogen functional groups attached to an aromatic ring is 2. The van der Waals surface area contributed by atoms with Gasteiger partial charge in [-0.2, -0.15) is 4.98 Å². The molecule has 0 aliphatic rings. The number of benzene rings is 1. The van der Waals surface area contributed by atoms with Gasteiger partial charge in [-0.05, 0) is 24.3 Å². The quantitative estimate of drug-likeness (QED) is 0.852. The van der Waals surface area contributed by atoms with Crippen LogP contribution >= 0.6 is 11.6 Å². The molecular formula is C11H12ClN5. The minimum Gasteiger partial charge on any atom is -0.382 e. The Morgan fingerprint density at radius 2 is 1.82 bits per heavy atom. The third kappa shape index (κ3) is 2.39. The van der Waals surface area contributed by atoms with Crippen molar-refractivity contribution in [2.75, 3.05) is 23.4 Å². The molecule has 1 aromatic heterocycles. The summed E-state index contributed by atoms with van der Waals surface area (Å²) in [6, 6.07) is 7.39. The first kappa shape index (κ1) is 11.5. The molecule has 2 rings (SSSR count). The standard InChI is InChI=1S/C11H12ClN5/c1-17(8-4-2-7(12)3-5-8)9-6-15-11(14)16-10(9)13/h2-6H,1H3,(H4,13,14,15,16). The second kappa shape index (κ2) is 4.47. The third-order valence-electron chi connectivity index (χ3n) is 2.39. The molecule has 0 aliphatic carbocycles. The normalized spacial score (nSPS) is 10.2. The van der Waals surface area contributed by atoms with Gasteiger partial charge in [-0.1, -0.05) is 11.6 Å². The molecule has 0 aliphatic heterocycles. The first-order valence-corrected chi connectivity index (χ1v) is 5.33. The molecule has 1 heterocycles. The van der Waals surface area contributed by atoms with E-state index < -0.39 is 0 Å². The number of hydrogen-bond donors (Lipinski definition) is 2. The number of halogens is 1. The molecule has 0 fully saturated rings. The van der Waals surface area contributed by atoms with E-state index in [1.165, 1.54) is 0 Å². The van der Waals surface area contributed by atoms with Gasteiger partial charge < -0.3 is 16.4 Å². The smallest absolute Gasteiger partial charge is 0.222 e. The Hall–Kier alpha value is -2.01. The van der Waals surface area contributed by atoms with Gasteiger partial charge in [-0.25, -0.2) is 4.98 Å². The van der Waals surface area contributed by atoms with Gasteiger partial charge in [0.15, 0.2) is 5.82 Å². The predicted molar refractivity (Wildman–Crippen MR) is 70.4 cm³/mol. The molecule has 0 spiro atoms. The third-order valence-corrected chi connectivity index (χ3v) is 2.64. The summed E-state index contributed by atoms with van der Waals surface area (Å²) in [5.41, 5.74) is 12.9. The molecule has 0 atom stereocenters. The molecule has 88 valence electrons. The summed E-state index contributed by atoms with van der Waals surface area (Å²) in [7, 11) is 1.87. The lowest BCUT2D eigenvalue weighted by Gasteiger charge is -2.20. The fourth-order valence-electron chi connectivity index (χ4n) is 1.47. The Balaban J connectivity index is 2.36. The molecule has 1 aromatic carbocycles. The van der Waals surface area contributed by atoms with Gasteiger partial charge in [0, 0.05) is 17.8 Å². The van der Waals surface area contributed by atoms with E-state index in [2.05, 4.69) is 9.97 Å². The van der Waals surface area contributed by atoms with E-state index in [0.29, 0.717) is 16.5 Å². The van der Waals surface area contributed by atoms with Gasteiger partial charge in [-0.3, -0.25) is 0 Å². The minimum atomic E-state index is 0.163. The number of nitrogens with zero attached hydrogens (tertiary/aromatic N) is 3. The lowest BCUT2D eigenvalue weighted by molar-refractivity contribution is 1.13. The molecule has 2 aromatic rings. The average molecular weight is 250 g/mol. The van der Waals surface area contributed by atoms with Gasteiger partial charge in [0.1, 0.15) is 5.69 Å². The highest BCUT2D eigenvalue weighted by atomic mass is 35.5. The van der Waals surface area contributed by atoms with Crippen LogP contribution in [0.3, 0.4) is 0 Å². The molecule has 0 amide bonds. The zero-order valence-electron chi connectivity index (χ0n) is 9.26. The maximum atomic E-state index is 5.83. The topological polar surface area (TPSA) is 81.1 Å². The number of hydrogen-bond acceptors (Lipinski definition) is 5. The van der Waals surface area contributed by atoms with E-state index in [0.717, 1.165) is 5.69 Å². The predicted octanol–water partition coefficient (Wildman–Crippen LogP) is 2.06. The van der Waals surface area contributed by atoms with E-state index in [-0.39, 0.29) is 5.95 Å². The molecule has 4 N–H and O–H groups in total. The molecule has 5 nitrogen and oxygen atoms in total. The Kier molecular flexibility index (Phi) is 3.01. The number of aromatic nitrogens is 2. The maximum absolute atomic E-state index is 5.83. The van der Waals surface area contributed by atoms with Crippen LogP contribution in [-0.4, -0.2) is 17.0 Å². The van der Waals surface area contributed by atoms with Gasteiger partial charge >= 0.3 is 0 Å². The summed E-state index contributed by atoms with van der Waals surface area (Å²) in [6.07, 6.45) is 1.59. The van der Waals surface area contributed by atoms with Crippen LogP contribution in [0.5, 0.6) is 0 Å². The minimum absolute atomic E-state index is 0.163. The van der Waals surface area contributed by atoms with Crippen LogP contribution in [0.15, 0.2) is 30.5 Å². The van der Waals surface area contributed by atoms with Gasteiger partial charge in [-0.15, -0.1) is 0 Å². The van der Waals surface area contributed by atoms with Crippen LogP contribution < -0.4 is 16.4 Å². The highest BCUT2D eigenvalue weighted by Crippen LogP contribution is 2.27. The highest BCUT2D eigenvalue weighted by molar-refractivity contribution is 6.30. The van der Waals surface area contributed by atoms with Gasteiger partial charge in [0.05, 0.1) is 6.20 Å². The van der Waals surface area contributed by atoms with Crippen molar-refractivity contribution in [2.45, 2.75) is 0 Å². The molecule has 6 heteroatoms. The molecule has 0 bridgehead atoms. The van der Waals surface area contributed by atoms with Crippen molar-refractivity contribution >= 4 is 34.7 Å². The van der Waals surface area contributed by atoms with Crippen molar-refractivity contribution in [1.29, 1.82) is 0 Å². The summed E-state index contributed by atoms with van der Waals surface area (Å²) in [4.78, 5) is 9.70. The Bertz CT molecular complexity index is 526. The van der Waals surface area contributed by atoms with Crippen LogP contribution in [0.4, 0.5) is 23.1 Å². The van der Waals surface area contributed by atoms with E-state index in [1.807, 2.05) is 36.2 Å². The fourth-order valence-corrected chi connectivity index (χ4v) is 1.59. The molecule has 0 saturated carbocycles. The summed E-state index contributed by atoms with van der Waals surface area (Å²) in [5.74, 6) is 0.505. The average Bonchev–Trinajstić information content (AvgIpc) is 2.29. The SMILES string of the molecule is CN(c1ccc(Cl)cc1)c1cnc(N)nc1N. The van der Waals surface area contributed by atoms with Crippen molar-refractivity contribution < 1.29 is 0 Å². The second-order valence-electron chi connectivity index (χ2n) is 3.53. The van der Waals surface area contributed by atoms with Crippen molar-refractivity contribution in [3.8, 4) is 0 Å². The largest absolute Gasteiger partial charge is 0.382 e. The number of anilines is 4. The zero-order chi connectivity index (χ0) is 12.4. The van der Waals surface area contributed by atoms with Gasteiger partial charge in [0.2, 0.25) is 5.95 Å². The Labute approximate surface area is 104 Å². The first-order chi connectivity index (χ1) is 8.08. The van der Waals surface area contributed by atoms with Crippen molar-refractivity contribution in [1.82, 2.24) is 9.97 Å². The van der Waals surface area contributed by atoms with Crippen LogP contribution in [0.1, 0.15) is 0 Å². The maximum Gasteiger partial charge on any atom is 0.222 e. The number of nitrogens with two attached hydrogens (primary N) is 2. The van der Waals surface area contributed by atoms with E-state index in [4.69, 9.17) is 23.1 Å². The van der Waals surface area contributed by atoms with Crippen LogP contribution in [0, 0.1) is 0 Å². The van der Waals surface area contributed by atoms with Crippen molar-refractivity contribution in [3.63, 3.8) is 0 Å². The lowest BCUT2D eigenvalue weighted by atomic mass is 10.3. The Morgan fingerprint density at radius 1 is 1.18 bits per heavy atom. The first-order valence-electron chi connectivity index (χ1n) is 4.95. The Morgan fingerprint density at radius 3 is 2.41 bits per heavy atom. The van der Waals surface area contributed by atoms with Crippen molar-refractivity contribution in [3.05, 3.63) is 35.5 Å². The molecule has 17 heavy (non-hydrogen) atoms. The summed E-state index contributed by atoms with van der Waals surface area (Å²) < 4.78 is 0. The van der Waals surface area contributed by atoms with Crippen molar-refractivity contribution in [2.24, 2.45) is 0 Å². The molecular weight excluding hydrogens is 238 g/mol. The second-order valence-corrected chi connectivity index (χ2v) is 3.97. The molecule has 0 radical (unpaired) electrons. The number of rotatable bonds is 2. The summed E-state index contributed by atoms with van der Waals surface area (Å²) in [5, 5.41) is 0.684. The fraction of sp³-hybridized carbons (Fsp3) is 0.0909. The molecule has 0 saturated heterocycles. The van der Waals surface area contributed by atoms with E-state index in [1.54, 1.807) is 6.20 Å². The summed E-state index contributed by atoms with van der Waals surface area (Å²) >= 11 is 5.83. The van der Waals surface area contributed by atoms with Crippen LogP contribution in [-0.2, 0) is 0 Å². The lowest BCUT2D eigenvalue weighted by Crippen LogP contribution is -2.13. The van der Waals surface area contributed by atoms with E-state index >= 15 is 0 Å². The highest BCUT2D eigenvalue weighted by Gasteiger charge is 2.09. The van der Waals surface area contributed by atoms with Gasteiger partial charge in [0.25, 0.3) is 0 Å². The van der Waals surface area contributed by atoms with E-state index in [9.17, 15) is 0 Å². The van der Waals surface area contributed by atoms with Crippen LogP contribution in [0.25, 0.3) is 0 Å². The monoisotopic (exact) mass is 249 g/mol. The molecule has 0 unspecified atom stereocenters. The zero-order valence-corrected chi connectivity index (χ0v) is 10.0. The van der Waals surface area contributed by atoms with Crippen LogP contribution in [0.2, 0.25) is 5.02 Å².